The molecule has 0 saturated carbocycles. The van der Waals surface area contributed by atoms with Crippen LogP contribution in [0.25, 0.3) is 10.8 Å². The minimum atomic E-state index is -0.237. The Balaban J connectivity index is 1.69. The number of methoxy groups -OCH3 is 1. The molecule has 0 atom stereocenters. The number of fused-ring (bicyclic) bond motifs is 1. The summed E-state index contributed by atoms with van der Waals surface area (Å²) in [5.41, 5.74) is 2.09. The van der Waals surface area contributed by atoms with Gasteiger partial charge in [0.25, 0.3) is 5.91 Å². The van der Waals surface area contributed by atoms with Gasteiger partial charge in [0.2, 0.25) is 0 Å². The molecule has 1 saturated heterocycles. The average Bonchev–Trinajstić information content (AvgIpc) is 2.73. The summed E-state index contributed by atoms with van der Waals surface area (Å²) in [6.45, 7) is 2.86. The number of halogens is 1. The van der Waals surface area contributed by atoms with E-state index in [1.165, 1.54) is 0 Å². The van der Waals surface area contributed by atoms with Crippen LogP contribution in [0.5, 0.6) is 5.75 Å². The number of anilines is 2. The van der Waals surface area contributed by atoms with Crippen molar-refractivity contribution < 1.29 is 14.3 Å². The number of amides is 1. The molecule has 0 spiro atoms. The Morgan fingerprint density at radius 1 is 1.07 bits per heavy atom. The average molecular weight is 397 g/mol. The zero-order valence-electron chi connectivity index (χ0n) is 15.6. The molecule has 1 aliphatic heterocycles. The van der Waals surface area contributed by atoms with Crippen molar-refractivity contribution in [3.63, 3.8) is 0 Å². The predicted octanol–water partition coefficient (Wildman–Crippen LogP) is 4.59. The van der Waals surface area contributed by atoms with Crippen LogP contribution in [0.2, 0.25) is 5.02 Å². The van der Waals surface area contributed by atoms with Crippen molar-refractivity contribution in [1.82, 2.24) is 0 Å². The van der Waals surface area contributed by atoms with E-state index in [0.717, 1.165) is 29.5 Å². The molecule has 1 heterocycles. The topological polar surface area (TPSA) is 50.8 Å². The van der Waals surface area contributed by atoms with Crippen molar-refractivity contribution in [2.24, 2.45) is 0 Å². The monoisotopic (exact) mass is 396 g/mol. The fourth-order valence-electron chi connectivity index (χ4n) is 3.44. The summed E-state index contributed by atoms with van der Waals surface area (Å²) in [6, 6.07) is 17.1. The second kappa shape index (κ2) is 8.09. The molecule has 1 aliphatic rings. The lowest BCUT2D eigenvalue weighted by Crippen LogP contribution is -2.36. The first kappa shape index (κ1) is 18.6. The molecule has 28 heavy (non-hydrogen) atoms. The van der Waals surface area contributed by atoms with Gasteiger partial charge in [-0.3, -0.25) is 4.79 Å². The number of carbonyl (C=O) groups excluding carboxylic acids is 1. The second-order valence-electron chi connectivity index (χ2n) is 6.61. The molecule has 0 radical (unpaired) electrons. The van der Waals surface area contributed by atoms with Gasteiger partial charge in [-0.2, -0.15) is 0 Å². The van der Waals surface area contributed by atoms with Gasteiger partial charge < -0.3 is 19.7 Å². The maximum Gasteiger partial charge on any atom is 0.259 e. The van der Waals surface area contributed by atoms with Gasteiger partial charge in [-0.05, 0) is 41.1 Å². The van der Waals surface area contributed by atoms with E-state index in [0.29, 0.717) is 35.2 Å². The lowest BCUT2D eigenvalue weighted by atomic mass is 10.0. The number of rotatable bonds is 4. The highest BCUT2D eigenvalue weighted by Crippen LogP contribution is 2.32. The molecule has 6 heteroatoms. The fraction of sp³-hybridized carbons (Fsp3) is 0.227. The highest BCUT2D eigenvalue weighted by molar-refractivity contribution is 6.31. The second-order valence-corrected chi connectivity index (χ2v) is 7.05. The third-order valence-corrected chi connectivity index (χ3v) is 5.11. The van der Waals surface area contributed by atoms with Crippen molar-refractivity contribution in [3.8, 4) is 5.75 Å². The van der Waals surface area contributed by atoms with E-state index in [-0.39, 0.29) is 5.91 Å². The van der Waals surface area contributed by atoms with Crippen LogP contribution in [0.3, 0.4) is 0 Å². The Bertz CT molecular complexity index is 1020. The molecule has 1 amide bonds. The number of hydrogen-bond acceptors (Lipinski definition) is 4. The Kier molecular flexibility index (Phi) is 5.37. The van der Waals surface area contributed by atoms with Crippen LogP contribution >= 0.6 is 11.6 Å². The zero-order valence-corrected chi connectivity index (χ0v) is 16.3. The summed E-state index contributed by atoms with van der Waals surface area (Å²) in [5, 5.41) is 5.59. The molecule has 0 bridgehead atoms. The van der Waals surface area contributed by atoms with E-state index in [4.69, 9.17) is 21.1 Å². The molecule has 5 nitrogen and oxygen atoms in total. The van der Waals surface area contributed by atoms with Crippen molar-refractivity contribution in [3.05, 3.63) is 65.2 Å². The van der Waals surface area contributed by atoms with Gasteiger partial charge in [0.15, 0.2) is 0 Å². The molecule has 0 aromatic heterocycles. The van der Waals surface area contributed by atoms with E-state index in [2.05, 4.69) is 10.2 Å². The fourth-order valence-corrected chi connectivity index (χ4v) is 3.62. The summed E-state index contributed by atoms with van der Waals surface area (Å²) < 4.78 is 10.9. The van der Waals surface area contributed by atoms with Gasteiger partial charge in [0.1, 0.15) is 5.75 Å². The van der Waals surface area contributed by atoms with Crippen LogP contribution in [0.4, 0.5) is 11.4 Å². The molecule has 0 unspecified atom stereocenters. The molecule has 0 aliphatic carbocycles. The van der Waals surface area contributed by atoms with Crippen LogP contribution < -0.4 is 15.0 Å². The third-order valence-electron chi connectivity index (χ3n) is 4.87. The van der Waals surface area contributed by atoms with Crippen LogP contribution in [0.15, 0.2) is 54.6 Å². The SMILES string of the molecule is COc1cc2ccccc2cc1C(=O)Nc1cc(Cl)ccc1N1CCOCC1. The van der Waals surface area contributed by atoms with E-state index in [1.807, 2.05) is 48.5 Å². The van der Waals surface area contributed by atoms with E-state index >= 15 is 0 Å². The standard InChI is InChI=1S/C22H21ClN2O3/c1-27-21-13-16-5-3-2-4-15(16)12-18(21)22(26)24-19-14-17(23)6-7-20(19)25-8-10-28-11-9-25/h2-7,12-14H,8-11H2,1H3,(H,24,26). The van der Waals surface area contributed by atoms with Crippen molar-refractivity contribution in [1.29, 1.82) is 0 Å². The molecule has 1 N–H and O–H groups in total. The van der Waals surface area contributed by atoms with Gasteiger partial charge in [0, 0.05) is 18.1 Å². The molecular weight excluding hydrogens is 376 g/mol. The van der Waals surface area contributed by atoms with Crippen molar-refractivity contribution in [2.45, 2.75) is 0 Å². The lowest BCUT2D eigenvalue weighted by Gasteiger charge is -2.30. The number of ether oxygens (including phenoxy) is 2. The number of benzene rings is 3. The first-order valence-electron chi connectivity index (χ1n) is 9.16. The maximum atomic E-state index is 13.1. The van der Waals surface area contributed by atoms with Crippen LogP contribution in [0.1, 0.15) is 10.4 Å². The highest BCUT2D eigenvalue weighted by atomic mass is 35.5. The summed E-state index contributed by atoms with van der Waals surface area (Å²) in [6.07, 6.45) is 0. The van der Waals surface area contributed by atoms with E-state index in [1.54, 1.807) is 13.2 Å². The largest absolute Gasteiger partial charge is 0.496 e. The van der Waals surface area contributed by atoms with Gasteiger partial charge in [-0.15, -0.1) is 0 Å². The Hall–Kier alpha value is -2.76. The highest BCUT2D eigenvalue weighted by Gasteiger charge is 2.19. The molecule has 1 fully saturated rings. The third kappa shape index (κ3) is 3.77. The minimum Gasteiger partial charge on any atom is -0.496 e. The van der Waals surface area contributed by atoms with Crippen LogP contribution in [-0.2, 0) is 4.74 Å². The first-order valence-corrected chi connectivity index (χ1v) is 9.54. The number of hydrogen-bond donors (Lipinski definition) is 1. The lowest BCUT2D eigenvalue weighted by molar-refractivity contribution is 0.102. The van der Waals surface area contributed by atoms with Gasteiger partial charge in [-0.1, -0.05) is 35.9 Å². The summed E-state index contributed by atoms with van der Waals surface area (Å²) in [5.74, 6) is 0.297. The Morgan fingerprint density at radius 3 is 2.50 bits per heavy atom. The summed E-state index contributed by atoms with van der Waals surface area (Å²) in [4.78, 5) is 15.3. The molecular formula is C22H21ClN2O3. The number of morpholine rings is 1. The molecule has 144 valence electrons. The smallest absolute Gasteiger partial charge is 0.259 e. The van der Waals surface area contributed by atoms with Crippen LogP contribution in [0, 0.1) is 0 Å². The van der Waals surface area contributed by atoms with Gasteiger partial charge >= 0.3 is 0 Å². The van der Waals surface area contributed by atoms with Crippen molar-refractivity contribution in [2.75, 3.05) is 43.6 Å². The quantitative estimate of drug-likeness (QED) is 0.700. The van der Waals surface area contributed by atoms with E-state index in [9.17, 15) is 4.79 Å². The molecule has 3 aromatic carbocycles. The Morgan fingerprint density at radius 2 is 1.79 bits per heavy atom. The van der Waals surface area contributed by atoms with Gasteiger partial charge in [-0.25, -0.2) is 0 Å². The zero-order chi connectivity index (χ0) is 19.5. The molecule has 3 aromatic rings. The summed E-state index contributed by atoms with van der Waals surface area (Å²) in [7, 11) is 1.57. The first-order chi connectivity index (χ1) is 13.7. The molecule has 4 rings (SSSR count). The normalized spacial score (nSPS) is 14.1. The number of nitrogens with one attached hydrogen (secondary N) is 1. The van der Waals surface area contributed by atoms with Crippen molar-refractivity contribution >= 4 is 39.7 Å². The van der Waals surface area contributed by atoms with Gasteiger partial charge in [0.05, 0.1) is 37.3 Å². The maximum absolute atomic E-state index is 13.1. The van der Waals surface area contributed by atoms with E-state index < -0.39 is 0 Å². The number of nitrogens with zero attached hydrogens (tertiary/aromatic N) is 1. The predicted molar refractivity (Wildman–Crippen MR) is 113 cm³/mol. The Labute approximate surface area is 168 Å². The summed E-state index contributed by atoms with van der Waals surface area (Å²) >= 11 is 6.20. The number of carbonyl (C=O) groups is 1. The minimum absolute atomic E-state index is 0.237. The van der Waals surface area contributed by atoms with Crippen LogP contribution in [-0.4, -0.2) is 39.3 Å².